The van der Waals surface area contributed by atoms with E-state index in [1.54, 1.807) is 7.11 Å². The van der Waals surface area contributed by atoms with E-state index in [2.05, 4.69) is 4.74 Å². The summed E-state index contributed by atoms with van der Waals surface area (Å²) >= 11 is 0. The normalized spacial score (nSPS) is 29.6. The standard InChI is InChI=1S/C10H19NO3/c1-13-8-5-3-4-7(6-8)9(11)10(12)14-2/h7-9H,3-6,11H2,1-2H3/t7-,8+,9-/m1/s1. The van der Waals surface area contributed by atoms with E-state index in [0.29, 0.717) is 0 Å². The van der Waals surface area contributed by atoms with Crippen LogP contribution in [-0.2, 0) is 14.3 Å². The van der Waals surface area contributed by atoms with Crippen molar-refractivity contribution in [3.8, 4) is 0 Å². The molecule has 4 nitrogen and oxygen atoms in total. The van der Waals surface area contributed by atoms with E-state index < -0.39 is 6.04 Å². The number of rotatable bonds is 3. The van der Waals surface area contributed by atoms with Crippen LogP contribution in [0.15, 0.2) is 0 Å². The molecule has 0 bridgehead atoms. The molecule has 3 atom stereocenters. The summed E-state index contributed by atoms with van der Waals surface area (Å²) in [5.41, 5.74) is 5.79. The van der Waals surface area contributed by atoms with Crippen molar-refractivity contribution in [2.45, 2.75) is 37.8 Å². The zero-order valence-corrected chi connectivity index (χ0v) is 8.86. The lowest BCUT2D eigenvalue weighted by molar-refractivity contribution is -0.144. The molecule has 1 rings (SSSR count). The summed E-state index contributed by atoms with van der Waals surface area (Å²) in [6, 6.07) is -0.488. The predicted molar refractivity (Wildman–Crippen MR) is 52.7 cm³/mol. The molecule has 1 aliphatic carbocycles. The summed E-state index contributed by atoms with van der Waals surface area (Å²) < 4.78 is 9.91. The van der Waals surface area contributed by atoms with E-state index in [0.717, 1.165) is 25.7 Å². The second-order valence-electron chi connectivity index (χ2n) is 3.83. The molecule has 0 spiro atoms. The van der Waals surface area contributed by atoms with Crippen molar-refractivity contribution in [2.24, 2.45) is 11.7 Å². The number of methoxy groups -OCH3 is 2. The van der Waals surface area contributed by atoms with Gasteiger partial charge in [0.1, 0.15) is 6.04 Å². The van der Waals surface area contributed by atoms with Gasteiger partial charge in [-0.05, 0) is 25.2 Å². The molecule has 4 heteroatoms. The molecule has 1 saturated carbocycles. The lowest BCUT2D eigenvalue weighted by atomic mass is 9.82. The molecule has 1 fully saturated rings. The molecule has 0 unspecified atom stereocenters. The van der Waals surface area contributed by atoms with Gasteiger partial charge in [-0.15, -0.1) is 0 Å². The van der Waals surface area contributed by atoms with Gasteiger partial charge in [0, 0.05) is 7.11 Å². The van der Waals surface area contributed by atoms with Gasteiger partial charge in [-0.1, -0.05) is 6.42 Å². The summed E-state index contributed by atoms with van der Waals surface area (Å²) in [7, 11) is 3.08. The van der Waals surface area contributed by atoms with Gasteiger partial charge in [-0.2, -0.15) is 0 Å². The first-order valence-corrected chi connectivity index (χ1v) is 5.05. The summed E-state index contributed by atoms with van der Waals surface area (Å²) in [4.78, 5) is 11.2. The molecule has 0 aromatic carbocycles. The van der Waals surface area contributed by atoms with E-state index in [1.165, 1.54) is 7.11 Å². The van der Waals surface area contributed by atoms with Crippen LogP contribution >= 0.6 is 0 Å². The first-order valence-electron chi connectivity index (χ1n) is 5.05. The fourth-order valence-electron chi connectivity index (χ4n) is 2.05. The van der Waals surface area contributed by atoms with Gasteiger partial charge in [0.25, 0.3) is 0 Å². The van der Waals surface area contributed by atoms with Gasteiger partial charge in [0.2, 0.25) is 0 Å². The highest BCUT2D eigenvalue weighted by Crippen LogP contribution is 2.28. The Balaban J connectivity index is 2.46. The zero-order valence-electron chi connectivity index (χ0n) is 8.86. The second kappa shape index (κ2) is 5.32. The zero-order chi connectivity index (χ0) is 10.6. The largest absolute Gasteiger partial charge is 0.468 e. The van der Waals surface area contributed by atoms with Crippen molar-refractivity contribution in [2.75, 3.05) is 14.2 Å². The van der Waals surface area contributed by atoms with Crippen LogP contribution in [0, 0.1) is 5.92 Å². The van der Waals surface area contributed by atoms with Gasteiger partial charge in [-0.3, -0.25) is 4.79 Å². The summed E-state index contributed by atoms with van der Waals surface area (Å²) in [5.74, 6) is -0.104. The lowest BCUT2D eigenvalue weighted by Crippen LogP contribution is -2.42. The summed E-state index contributed by atoms with van der Waals surface area (Å²) in [6.07, 6.45) is 4.27. The number of carbonyl (C=O) groups excluding carboxylic acids is 1. The number of hydrogen-bond acceptors (Lipinski definition) is 4. The molecular weight excluding hydrogens is 182 g/mol. The Morgan fingerprint density at radius 3 is 2.71 bits per heavy atom. The number of nitrogens with two attached hydrogens (primary N) is 1. The third-order valence-electron chi connectivity index (χ3n) is 2.98. The Hall–Kier alpha value is -0.610. The SMILES string of the molecule is COC(=O)[C@H](N)[C@@H]1CCC[C@H](OC)C1. The van der Waals surface area contributed by atoms with Crippen LogP contribution in [0.4, 0.5) is 0 Å². The molecule has 0 saturated heterocycles. The van der Waals surface area contributed by atoms with Crippen LogP contribution in [0.5, 0.6) is 0 Å². The lowest BCUT2D eigenvalue weighted by Gasteiger charge is -2.30. The van der Waals surface area contributed by atoms with E-state index >= 15 is 0 Å². The third-order valence-corrected chi connectivity index (χ3v) is 2.98. The Morgan fingerprint density at radius 2 is 2.14 bits per heavy atom. The van der Waals surface area contributed by atoms with Gasteiger partial charge >= 0.3 is 5.97 Å². The maximum atomic E-state index is 11.2. The maximum Gasteiger partial charge on any atom is 0.322 e. The minimum atomic E-state index is -0.488. The average Bonchev–Trinajstić information content (AvgIpc) is 2.27. The summed E-state index contributed by atoms with van der Waals surface area (Å²) in [5, 5.41) is 0. The van der Waals surface area contributed by atoms with Crippen molar-refractivity contribution >= 4 is 5.97 Å². The molecular formula is C10H19NO3. The highest BCUT2D eigenvalue weighted by atomic mass is 16.5. The predicted octanol–water partition coefficient (Wildman–Crippen LogP) is 0.692. The topological polar surface area (TPSA) is 61.5 Å². The monoisotopic (exact) mass is 201 g/mol. The van der Waals surface area contributed by atoms with Crippen LogP contribution in [0.2, 0.25) is 0 Å². The molecule has 0 amide bonds. The Kier molecular flexibility index (Phi) is 4.35. The Morgan fingerprint density at radius 1 is 1.43 bits per heavy atom. The second-order valence-corrected chi connectivity index (χ2v) is 3.83. The van der Waals surface area contributed by atoms with Crippen molar-refractivity contribution in [3.63, 3.8) is 0 Å². The fourth-order valence-corrected chi connectivity index (χ4v) is 2.05. The maximum absolute atomic E-state index is 11.2. The molecule has 14 heavy (non-hydrogen) atoms. The van der Waals surface area contributed by atoms with E-state index in [9.17, 15) is 4.79 Å². The quantitative estimate of drug-likeness (QED) is 0.682. The average molecular weight is 201 g/mol. The van der Waals surface area contributed by atoms with E-state index in [1.807, 2.05) is 0 Å². The van der Waals surface area contributed by atoms with Crippen LogP contribution in [0.1, 0.15) is 25.7 Å². The first kappa shape index (κ1) is 11.5. The smallest absolute Gasteiger partial charge is 0.322 e. The molecule has 0 heterocycles. The molecule has 0 aromatic rings. The van der Waals surface area contributed by atoms with Crippen LogP contribution in [-0.4, -0.2) is 32.3 Å². The van der Waals surface area contributed by atoms with Gasteiger partial charge in [-0.25, -0.2) is 0 Å². The Labute approximate surface area is 84.7 Å². The number of esters is 1. The molecule has 82 valence electrons. The molecule has 0 radical (unpaired) electrons. The van der Waals surface area contributed by atoms with E-state index in [4.69, 9.17) is 10.5 Å². The molecule has 2 N–H and O–H groups in total. The fraction of sp³-hybridized carbons (Fsp3) is 0.900. The Bertz CT molecular complexity index is 196. The highest BCUT2D eigenvalue weighted by molar-refractivity contribution is 5.75. The minimum absolute atomic E-state index is 0.209. The van der Waals surface area contributed by atoms with Gasteiger partial charge < -0.3 is 15.2 Å². The van der Waals surface area contributed by atoms with Crippen molar-refractivity contribution in [1.82, 2.24) is 0 Å². The highest BCUT2D eigenvalue weighted by Gasteiger charge is 2.30. The van der Waals surface area contributed by atoms with Crippen LogP contribution in [0.25, 0.3) is 0 Å². The summed E-state index contributed by atoms with van der Waals surface area (Å²) in [6.45, 7) is 0. The van der Waals surface area contributed by atoms with E-state index in [-0.39, 0.29) is 18.0 Å². The van der Waals surface area contributed by atoms with Crippen LogP contribution in [0.3, 0.4) is 0 Å². The molecule has 0 aromatic heterocycles. The van der Waals surface area contributed by atoms with Crippen LogP contribution < -0.4 is 5.73 Å². The number of carbonyl (C=O) groups is 1. The van der Waals surface area contributed by atoms with Gasteiger partial charge in [0.15, 0.2) is 0 Å². The molecule has 1 aliphatic rings. The van der Waals surface area contributed by atoms with Gasteiger partial charge in [0.05, 0.1) is 13.2 Å². The number of ether oxygens (including phenoxy) is 2. The van der Waals surface area contributed by atoms with Crippen molar-refractivity contribution in [1.29, 1.82) is 0 Å². The number of hydrogen-bond donors (Lipinski definition) is 1. The molecule has 0 aliphatic heterocycles. The minimum Gasteiger partial charge on any atom is -0.468 e. The third kappa shape index (κ3) is 2.69. The van der Waals surface area contributed by atoms with Crippen molar-refractivity contribution in [3.05, 3.63) is 0 Å². The first-order chi connectivity index (χ1) is 6.69. The van der Waals surface area contributed by atoms with Crippen molar-refractivity contribution < 1.29 is 14.3 Å².